The zero-order valence-corrected chi connectivity index (χ0v) is 7.69. The number of rotatable bonds is 1. The monoisotopic (exact) mass is 205 g/mol. The SMILES string of the molecule is CC(=O)Oc1nc(Cl)ccc1Cl. The molecule has 12 heavy (non-hydrogen) atoms. The second-order valence-electron chi connectivity index (χ2n) is 2.01. The van der Waals surface area contributed by atoms with E-state index in [1.807, 2.05) is 0 Å². The van der Waals surface area contributed by atoms with Crippen molar-refractivity contribution >= 4 is 29.2 Å². The maximum Gasteiger partial charge on any atom is 0.309 e. The van der Waals surface area contributed by atoms with Crippen LogP contribution in [-0.4, -0.2) is 11.0 Å². The van der Waals surface area contributed by atoms with Crippen LogP contribution in [0.1, 0.15) is 6.92 Å². The lowest BCUT2D eigenvalue weighted by atomic mass is 10.5. The maximum atomic E-state index is 10.5. The molecule has 0 aliphatic heterocycles. The average molecular weight is 206 g/mol. The van der Waals surface area contributed by atoms with Crippen LogP contribution < -0.4 is 4.74 Å². The van der Waals surface area contributed by atoms with Crippen LogP contribution in [0.2, 0.25) is 10.2 Å². The molecule has 0 aliphatic carbocycles. The smallest absolute Gasteiger partial charge is 0.309 e. The number of nitrogens with zero attached hydrogens (tertiary/aromatic N) is 1. The lowest BCUT2D eigenvalue weighted by Gasteiger charge is -2.01. The van der Waals surface area contributed by atoms with Gasteiger partial charge in [-0.05, 0) is 12.1 Å². The predicted molar refractivity (Wildman–Crippen MR) is 45.6 cm³/mol. The van der Waals surface area contributed by atoms with Gasteiger partial charge in [0.05, 0.1) is 0 Å². The van der Waals surface area contributed by atoms with Crippen LogP contribution in [0.15, 0.2) is 12.1 Å². The van der Waals surface area contributed by atoms with E-state index in [-0.39, 0.29) is 16.1 Å². The molecule has 1 rings (SSSR count). The molecule has 0 unspecified atom stereocenters. The Morgan fingerprint density at radius 1 is 1.50 bits per heavy atom. The van der Waals surface area contributed by atoms with Gasteiger partial charge in [-0.1, -0.05) is 23.2 Å². The van der Waals surface area contributed by atoms with Crippen molar-refractivity contribution in [2.45, 2.75) is 6.92 Å². The summed E-state index contributed by atoms with van der Waals surface area (Å²) in [5, 5.41) is 0.491. The molecule has 5 heteroatoms. The largest absolute Gasteiger partial charge is 0.406 e. The zero-order chi connectivity index (χ0) is 9.14. The standard InChI is InChI=1S/C7H5Cl2NO2/c1-4(11)12-7-5(8)2-3-6(9)10-7/h2-3H,1H3. The Labute approximate surface area is 79.3 Å². The Hall–Kier alpha value is -0.800. The highest BCUT2D eigenvalue weighted by Gasteiger charge is 2.05. The molecule has 0 radical (unpaired) electrons. The second kappa shape index (κ2) is 3.74. The third kappa shape index (κ3) is 2.36. The summed E-state index contributed by atoms with van der Waals surface area (Å²) < 4.78 is 4.66. The molecule has 0 aliphatic rings. The first-order valence-electron chi connectivity index (χ1n) is 3.10. The fraction of sp³-hybridized carbons (Fsp3) is 0.143. The van der Waals surface area contributed by atoms with E-state index in [1.54, 1.807) is 0 Å². The van der Waals surface area contributed by atoms with Gasteiger partial charge in [0, 0.05) is 6.92 Å². The molecule has 0 amide bonds. The van der Waals surface area contributed by atoms with Crippen molar-refractivity contribution in [2.24, 2.45) is 0 Å². The molecule has 0 atom stereocenters. The predicted octanol–water partition coefficient (Wildman–Crippen LogP) is 2.31. The van der Waals surface area contributed by atoms with Crippen LogP contribution in [0.25, 0.3) is 0 Å². The van der Waals surface area contributed by atoms with Gasteiger partial charge < -0.3 is 4.74 Å². The first-order chi connectivity index (χ1) is 5.59. The number of halogens is 2. The normalized spacial score (nSPS) is 9.58. The van der Waals surface area contributed by atoms with Gasteiger partial charge in [-0.15, -0.1) is 0 Å². The Bertz CT molecular complexity index is 314. The van der Waals surface area contributed by atoms with Crippen LogP contribution in [0.4, 0.5) is 0 Å². The van der Waals surface area contributed by atoms with E-state index in [2.05, 4.69) is 9.72 Å². The summed E-state index contributed by atoms with van der Waals surface area (Å²) in [5.74, 6) is -0.441. The van der Waals surface area contributed by atoms with Crippen molar-refractivity contribution in [3.05, 3.63) is 22.3 Å². The number of hydrogen-bond acceptors (Lipinski definition) is 3. The van der Waals surface area contributed by atoms with Gasteiger partial charge in [0.1, 0.15) is 10.2 Å². The number of aromatic nitrogens is 1. The third-order valence-corrected chi connectivity index (χ3v) is 1.52. The van der Waals surface area contributed by atoms with Gasteiger partial charge in [-0.3, -0.25) is 4.79 Å². The van der Waals surface area contributed by atoms with E-state index in [4.69, 9.17) is 23.2 Å². The van der Waals surface area contributed by atoms with Crippen LogP contribution >= 0.6 is 23.2 Å². The van der Waals surface area contributed by atoms with Crippen LogP contribution in [0.5, 0.6) is 5.88 Å². The molecule has 1 heterocycles. The highest BCUT2D eigenvalue weighted by molar-refractivity contribution is 6.33. The summed E-state index contributed by atoms with van der Waals surface area (Å²) in [7, 11) is 0. The Morgan fingerprint density at radius 3 is 2.75 bits per heavy atom. The minimum Gasteiger partial charge on any atom is -0.406 e. The highest BCUT2D eigenvalue weighted by atomic mass is 35.5. The summed E-state index contributed by atoms with van der Waals surface area (Å²) in [6.07, 6.45) is 0. The molecule has 3 nitrogen and oxygen atoms in total. The van der Waals surface area contributed by atoms with E-state index in [1.165, 1.54) is 19.1 Å². The topological polar surface area (TPSA) is 39.2 Å². The van der Waals surface area contributed by atoms with Gasteiger partial charge in [-0.2, -0.15) is 4.98 Å². The van der Waals surface area contributed by atoms with Gasteiger partial charge in [0.25, 0.3) is 0 Å². The number of esters is 1. The number of carbonyl (C=O) groups excluding carboxylic acids is 1. The van der Waals surface area contributed by atoms with E-state index < -0.39 is 5.97 Å². The van der Waals surface area contributed by atoms with Crippen molar-refractivity contribution in [3.63, 3.8) is 0 Å². The highest BCUT2D eigenvalue weighted by Crippen LogP contribution is 2.23. The number of pyridine rings is 1. The summed E-state index contributed by atoms with van der Waals surface area (Å²) in [4.78, 5) is 14.2. The van der Waals surface area contributed by atoms with Crippen molar-refractivity contribution in [1.82, 2.24) is 4.98 Å². The fourth-order valence-electron chi connectivity index (χ4n) is 0.609. The average Bonchev–Trinajstić information content (AvgIpc) is 1.96. The first-order valence-corrected chi connectivity index (χ1v) is 3.85. The van der Waals surface area contributed by atoms with Crippen LogP contribution in [-0.2, 0) is 4.79 Å². The van der Waals surface area contributed by atoms with Crippen LogP contribution in [0, 0.1) is 0 Å². The maximum absolute atomic E-state index is 10.5. The Kier molecular flexibility index (Phi) is 2.89. The van der Waals surface area contributed by atoms with Gasteiger partial charge in [0.15, 0.2) is 0 Å². The third-order valence-electron chi connectivity index (χ3n) is 1.02. The van der Waals surface area contributed by atoms with E-state index >= 15 is 0 Å². The van der Waals surface area contributed by atoms with E-state index in [9.17, 15) is 4.79 Å². The molecule has 0 N–H and O–H groups in total. The van der Waals surface area contributed by atoms with Crippen molar-refractivity contribution in [3.8, 4) is 5.88 Å². The Balaban J connectivity index is 2.97. The number of ether oxygens (including phenoxy) is 1. The molecule has 0 saturated carbocycles. The molecule has 1 aromatic heterocycles. The van der Waals surface area contributed by atoms with Gasteiger partial charge >= 0.3 is 5.97 Å². The summed E-state index contributed by atoms with van der Waals surface area (Å²) >= 11 is 11.2. The lowest BCUT2D eigenvalue weighted by Crippen LogP contribution is -2.03. The summed E-state index contributed by atoms with van der Waals surface area (Å²) in [6, 6.07) is 3.02. The molecular weight excluding hydrogens is 201 g/mol. The molecular formula is C7H5Cl2NO2. The number of hydrogen-bond donors (Lipinski definition) is 0. The summed E-state index contributed by atoms with van der Waals surface area (Å²) in [6.45, 7) is 1.26. The van der Waals surface area contributed by atoms with E-state index in [0.717, 1.165) is 0 Å². The molecule has 0 fully saturated rings. The second-order valence-corrected chi connectivity index (χ2v) is 2.81. The minimum atomic E-state index is -0.480. The quantitative estimate of drug-likeness (QED) is 0.522. The fourth-order valence-corrected chi connectivity index (χ4v) is 0.892. The van der Waals surface area contributed by atoms with E-state index in [0.29, 0.717) is 0 Å². The summed E-state index contributed by atoms with van der Waals surface area (Å²) in [5.41, 5.74) is 0. The van der Waals surface area contributed by atoms with Crippen molar-refractivity contribution in [2.75, 3.05) is 0 Å². The first kappa shape index (κ1) is 9.29. The lowest BCUT2D eigenvalue weighted by molar-refractivity contribution is -0.132. The zero-order valence-electron chi connectivity index (χ0n) is 6.17. The Morgan fingerprint density at radius 2 is 2.17 bits per heavy atom. The van der Waals surface area contributed by atoms with Crippen molar-refractivity contribution < 1.29 is 9.53 Å². The van der Waals surface area contributed by atoms with Crippen LogP contribution in [0.3, 0.4) is 0 Å². The molecule has 0 bridgehead atoms. The minimum absolute atomic E-state index is 0.0386. The van der Waals surface area contributed by atoms with Gasteiger partial charge in [0.2, 0.25) is 5.88 Å². The molecule has 0 spiro atoms. The molecule has 64 valence electrons. The molecule has 0 aromatic carbocycles. The number of carbonyl (C=O) groups is 1. The van der Waals surface area contributed by atoms with Crippen molar-refractivity contribution in [1.29, 1.82) is 0 Å². The molecule has 1 aromatic rings. The molecule has 0 saturated heterocycles. The van der Waals surface area contributed by atoms with Gasteiger partial charge in [-0.25, -0.2) is 0 Å².